The predicted octanol–water partition coefficient (Wildman–Crippen LogP) is 0.192. The molecule has 1 aromatic rings. The number of carbonyl (C=O) groups excluding carboxylic acids is 1. The zero-order chi connectivity index (χ0) is 10.6. The number of aliphatic carboxylic acids is 1. The number of rotatable bonds is 4. The minimum atomic E-state index is -1.90. The van der Waals surface area contributed by atoms with Crippen molar-refractivity contribution in [2.24, 2.45) is 0 Å². The van der Waals surface area contributed by atoms with Crippen molar-refractivity contribution >= 4 is 11.8 Å². The minimum Gasteiger partial charge on any atom is -0.480 e. The zero-order valence-corrected chi connectivity index (χ0v) is 6.98. The van der Waals surface area contributed by atoms with Crippen LogP contribution in [0.3, 0.4) is 0 Å². The molecule has 0 aliphatic carbocycles. The maximum atomic E-state index is 12.0. The molecule has 5 nitrogen and oxygen atoms in total. The van der Waals surface area contributed by atoms with Crippen LogP contribution in [-0.4, -0.2) is 27.9 Å². The lowest BCUT2D eigenvalue weighted by Crippen LogP contribution is -2.39. The van der Waals surface area contributed by atoms with E-state index in [-0.39, 0.29) is 5.69 Å². The molecular weight excluding hydrogens is 191 g/mol. The normalized spacial score (nSPS) is 12.1. The summed E-state index contributed by atoms with van der Waals surface area (Å²) in [5, 5.41) is 8.45. The summed E-state index contributed by atoms with van der Waals surface area (Å²) in [6, 6.07) is 2.49. The average molecular weight is 198 g/mol. The number of carbonyl (C=O) groups is 2. The molecule has 0 spiro atoms. The Hall–Kier alpha value is -1.82. The molecule has 0 amide bonds. The van der Waals surface area contributed by atoms with Gasteiger partial charge in [-0.2, -0.15) is 0 Å². The second-order valence-electron chi connectivity index (χ2n) is 2.46. The van der Waals surface area contributed by atoms with Gasteiger partial charge < -0.3 is 5.11 Å². The van der Waals surface area contributed by atoms with Crippen LogP contribution in [0, 0.1) is 0 Å². The van der Waals surface area contributed by atoms with E-state index in [1.807, 2.05) is 0 Å². The Labute approximate surface area is 78.5 Å². The lowest BCUT2D eigenvalue weighted by atomic mass is 10.1. The van der Waals surface area contributed by atoms with Crippen molar-refractivity contribution in [3.8, 4) is 0 Å². The molecule has 0 radical (unpaired) electrons. The number of carboxylic acid groups (broad SMARTS) is 1. The van der Waals surface area contributed by atoms with Gasteiger partial charge in [0, 0.05) is 6.20 Å². The van der Waals surface area contributed by atoms with Crippen molar-refractivity contribution in [3.63, 3.8) is 0 Å². The summed E-state index contributed by atoms with van der Waals surface area (Å²) >= 11 is 0. The fraction of sp³-hybridized carbons (Fsp3) is 0.125. The third kappa shape index (κ3) is 2.11. The summed E-state index contributed by atoms with van der Waals surface area (Å²) in [7, 11) is 0. The number of aromatic nitrogens is 1. The van der Waals surface area contributed by atoms with E-state index in [0.29, 0.717) is 0 Å². The van der Waals surface area contributed by atoms with Crippen molar-refractivity contribution in [1.29, 1.82) is 0 Å². The first-order valence-electron chi connectivity index (χ1n) is 3.71. The van der Waals surface area contributed by atoms with Gasteiger partial charge in [0.2, 0.25) is 5.78 Å². The second-order valence-corrected chi connectivity index (χ2v) is 2.46. The number of hydrogen-bond donors (Lipinski definition) is 2. The Morgan fingerprint density at radius 1 is 1.50 bits per heavy atom. The third-order valence-corrected chi connectivity index (χ3v) is 1.54. The molecule has 14 heavy (non-hydrogen) atoms. The fourth-order valence-corrected chi connectivity index (χ4v) is 0.865. The van der Waals surface area contributed by atoms with Gasteiger partial charge in [0.15, 0.2) is 6.04 Å². The van der Waals surface area contributed by atoms with Gasteiger partial charge >= 0.3 is 5.97 Å². The molecule has 0 saturated carbocycles. The SMILES string of the molecule is O=C(O)C(NF)C(=O)c1ccccn1. The molecule has 0 aliphatic rings. The highest BCUT2D eigenvalue weighted by Gasteiger charge is 2.27. The van der Waals surface area contributed by atoms with Crippen LogP contribution in [0.5, 0.6) is 0 Å². The highest BCUT2D eigenvalue weighted by atomic mass is 19.2. The first-order chi connectivity index (χ1) is 6.66. The monoisotopic (exact) mass is 198 g/mol. The molecule has 1 atom stereocenters. The first-order valence-corrected chi connectivity index (χ1v) is 3.71. The lowest BCUT2D eigenvalue weighted by Gasteiger charge is -2.05. The molecule has 0 bridgehead atoms. The third-order valence-electron chi connectivity index (χ3n) is 1.54. The smallest absolute Gasteiger partial charge is 0.331 e. The van der Waals surface area contributed by atoms with E-state index in [2.05, 4.69) is 4.98 Å². The first kappa shape index (κ1) is 10.3. The maximum Gasteiger partial charge on any atom is 0.331 e. The number of nitrogens with zero attached hydrogens (tertiary/aromatic N) is 1. The summed E-state index contributed by atoms with van der Waals surface area (Å²) in [6.45, 7) is 0. The van der Waals surface area contributed by atoms with E-state index in [0.717, 1.165) is 5.54 Å². The largest absolute Gasteiger partial charge is 0.480 e. The number of halogens is 1. The molecular formula is C8H7FN2O3. The standard InChI is InChI=1S/C8H7FN2O3/c9-11-6(8(13)14)7(12)5-3-1-2-4-10-5/h1-4,6,11H,(H,13,14). The van der Waals surface area contributed by atoms with E-state index < -0.39 is 17.8 Å². The van der Waals surface area contributed by atoms with Crippen LogP contribution in [0.4, 0.5) is 4.48 Å². The van der Waals surface area contributed by atoms with Gasteiger partial charge in [0.25, 0.3) is 0 Å². The maximum absolute atomic E-state index is 12.0. The number of Topliss-reactive ketones (excluding diaryl/α,β-unsaturated/α-hetero) is 1. The fourth-order valence-electron chi connectivity index (χ4n) is 0.865. The molecule has 1 rings (SSSR count). The van der Waals surface area contributed by atoms with E-state index in [4.69, 9.17) is 5.11 Å². The van der Waals surface area contributed by atoms with E-state index in [1.165, 1.54) is 18.3 Å². The van der Waals surface area contributed by atoms with Crippen molar-refractivity contribution < 1.29 is 19.2 Å². The molecule has 0 fully saturated rings. The number of ketones is 1. The molecule has 74 valence electrons. The summed E-state index contributed by atoms with van der Waals surface area (Å²) in [5.74, 6) is -2.50. The molecule has 2 N–H and O–H groups in total. The molecule has 0 aliphatic heterocycles. The Morgan fingerprint density at radius 3 is 2.64 bits per heavy atom. The molecule has 6 heteroatoms. The Balaban J connectivity index is 2.89. The summed E-state index contributed by atoms with van der Waals surface area (Å²) in [4.78, 5) is 25.3. The molecule has 1 heterocycles. The lowest BCUT2D eigenvalue weighted by molar-refractivity contribution is -0.139. The van der Waals surface area contributed by atoms with Crippen LogP contribution in [0.15, 0.2) is 24.4 Å². The summed E-state index contributed by atoms with van der Waals surface area (Å²) < 4.78 is 12.0. The van der Waals surface area contributed by atoms with E-state index in [1.54, 1.807) is 6.07 Å². The van der Waals surface area contributed by atoms with Crippen molar-refractivity contribution in [3.05, 3.63) is 30.1 Å². The van der Waals surface area contributed by atoms with Gasteiger partial charge in [-0.1, -0.05) is 6.07 Å². The number of nitrogens with one attached hydrogen (secondary N) is 1. The highest BCUT2D eigenvalue weighted by Crippen LogP contribution is 2.00. The average Bonchev–Trinajstić information content (AvgIpc) is 2.19. The summed E-state index contributed by atoms with van der Waals surface area (Å²) in [6.07, 6.45) is 1.32. The summed E-state index contributed by atoms with van der Waals surface area (Å²) in [5.41, 5.74) is 0.818. The second kappa shape index (κ2) is 4.43. The number of carboxylic acids is 1. The Morgan fingerprint density at radius 2 is 2.21 bits per heavy atom. The van der Waals surface area contributed by atoms with Gasteiger partial charge in [-0.25, -0.2) is 4.79 Å². The predicted molar refractivity (Wildman–Crippen MR) is 44.2 cm³/mol. The van der Waals surface area contributed by atoms with Gasteiger partial charge in [0.05, 0.1) is 0 Å². The van der Waals surface area contributed by atoms with Gasteiger partial charge in [-0.15, -0.1) is 10.0 Å². The number of hydrogen-bond acceptors (Lipinski definition) is 4. The molecule has 0 saturated heterocycles. The van der Waals surface area contributed by atoms with Crippen molar-refractivity contribution in [1.82, 2.24) is 10.5 Å². The van der Waals surface area contributed by atoms with Crippen LogP contribution < -0.4 is 5.54 Å². The van der Waals surface area contributed by atoms with Gasteiger partial charge in [-0.05, 0) is 12.1 Å². The van der Waals surface area contributed by atoms with Crippen LogP contribution in [0.1, 0.15) is 10.5 Å². The van der Waals surface area contributed by atoms with Crippen LogP contribution in [-0.2, 0) is 4.79 Å². The highest BCUT2D eigenvalue weighted by molar-refractivity contribution is 6.10. The van der Waals surface area contributed by atoms with Gasteiger partial charge in [-0.3, -0.25) is 9.78 Å². The quantitative estimate of drug-likeness (QED) is 0.410. The van der Waals surface area contributed by atoms with E-state index >= 15 is 0 Å². The number of pyridine rings is 1. The van der Waals surface area contributed by atoms with Crippen molar-refractivity contribution in [2.75, 3.05) is 0 Å². The topological polar surface area (TPSA) is 79.3 Å². The van der Waals surface area contributed by atoms with Crippen LogP contribution in [0.2, 0.25) is 0 Å². The molecule has 1 aromatic heterocycles. The molecule has 1 unspecified atom stereocenters. The Kier molecular flexibility index (Phi) is 3.24. The zero-order valence-electron chi connectivity index (χ0n) is 6.98. The van der Waals surface area contributed by atoms with Gasteiger partial charge in [0.1, 0.15) is 5.69 Å². The molecule has 0 aromatic carbocycles. The minimum absolute atomic E-state index is 0.0925. The van der Waals surface area contributed by atoms with E-state index in [9.17, 15) is 14.1 Å². The van der Waals surface area contributed by atoms with Crippen molar-refractivity contribution in [2.45, 2.75) is 6.04 Å². The van der Waals surface area contributed by atoms with Crippen LogP contribution >= 0.6 is 0 Å². The Bertz CT molecular complexity index is 342. The van der Waals surface area contributed by atoms with Crippen LogP contribution in [0.25, 0.3) is 0 Å².